The fourth-order valence-electron chi connectivity index (χ4n) is 2.04. The van der Waals surface area contributed by atoms with E-state index in [1.54, 1.807) is 0 Å². The van der Waals surface area contributed by atoms with E-state index >= 15 is 0 Å². The van der Waals surface area contributed by atoms with Crippen molar-refractivity contribution in [2.24, 2.45) is 0 Å². The van der Waals surface area contributed by atoms with Crippen LogP contribution < -0.4 is 0 Å². The lowest BCUT2D eigenvalue weighted by atomic mass is 10.0. The van der Waals surface area contributed by atoms with Crippen molar-refractivity contribution in [3.05, 3.63) is 12.2 Å². The molecule has 0 aliphatic carbocycles. The molecule has 0 N–H and O–H groups in total. The predicted octanol–water partition coefficient (Wildman–Crippen LogP) is 3.57. The molecular formula is C15H24O3. The molecule has 0 amide bonds. The van der Waals surface area contributed by atoms with E-state index in [1.807, 2.05) is 0 Å². The zero-order valence-electron chi connectivity index (χ0n) is 11.2. The third-order valence-corrected chi connectivity index (χ3v) is 3.13. The molecule has 18 heavy (non-hydrogen) atoms. The van der Waals surface area contributed by atoms with Crippen LogP contribution in [0.2, 0.25) is 0 Å². The van der Waals surface area contributed by atoms with Gasteiger partial charge in [-0.3, -0.25) is 9.59 Å². The zero-order valence-corrected chi connectivity index (χ0v) is 11.2. The Bertz CT molecular complexity index is 281. The van der Waals surface area contributed by atoms with Crippen molar-refractivity contribution in [2.45, 2.75) is 64.2 Å². The largest absolute Gasteiger partial charge is 0.465 e. The minimum atomic E-state index is -0.178. The maximum Gasteiger partial charge on any atom is 0.305 e. The minimum absolute atomic E-state index is 0.178. The van der Waals surface area contributed by atoms with Gasteiger partial charge < -0.3 is 4.74 Å². The van der Waals surface area contributed by atoms with Gasteiger partial charge in [-0.05, 0) is 32.1 Å². The highest BCUT2D eigenvalue weighted by Gasteiger charge is 2.06. The quantitative estimate of drug-likeness (QED) is 0.489. The molecule has 102 valence electrons. The molecule has 0 bridgehead atoms. The van der Waals surface area contributed by atoms with E-state index in [4.69, 9.17) is 4.74 Å². The molecule has 0 aromatic heterocycles. The van der Waals surface area contributed by atoms with Crippen LogP contribution in [0.15, 0.2) is 12.2 Å². The number of ether oxygens (including phenoxy) is 1. The first-order valence-electron chi connectivity index (χ1n) is 7.11. The van der Waals surface area contributed by atoms with Crippen molar-refractivity contribution < 1.29 is 14.3 Å². The van der Waals surface area contributed by atoms with Gasteiger partial charge in [-0.2, -0.15) is 0 Å². The molecule has 3 nitrogen and oxygen atoms in total. The van der Waals surface area contributed by atoms with E-state index in [9.17, 15) is 9.59 Å². The average Bonchev–Trinajstić information content (AvgIpc) is 2.34. The number of hydrogen-bond donors (Lipinski definition) is 0. The summed E-state index contributed by atoms with van der Waals surface area (Å²) in [6, 6.07) is 0. The smallest absolute Gasteiger partial charge is 0.305 e. The van der Waals surface area contributed by atoms with E-state index in [-0.39, 0.29) is 11.8 Å². The summed E-state index contributed by atoms with van der Waals surface area (Å²) < 4.78 is 5.08. The summed E-state index contributed by atoms with van der Waals surface area (Å²) in [4.78, 5) is 22.8. The summed E-state index contributed by atoms with van der Waals surface area (Å²) >= 11 is 0. The number of cyclic esters (lactones) is 1. The van der Waals surface area contributed by atoms with Crippen LogP contribution in [0.5, 0.6) is 0 Å². The Labute approximate surface area is 110 Å². The molecule has 0 saturated carbocycles. The number of hydrogen-bond acceptors (Lipinski definition) is 3. The Morgan fingerprint density at radius 2 is 1.50 bits per heavy atom. The van der Waals surface area contributed by atoms with Crippen molar-refractivity contribution in [3.63, 3.8) is 0 Å². The van der Waals surface area contributed by atoms with Crippen LogP contribution in [0.4, 0.5) is 0 Å². The lowest BCUT2D eigenvalue weighted by molar-refractivity contribution is -0.143. The fraction of sp³-hybridized carbons (Fsp3) is 0.733. The molecular weight excluding hydrogens is 228 g/mol. The predicted molar refractivity (Wildman–Crippen MR) is 71.3 cm³/mol. The molecule has 0 unspecified atom stereocenters. The monoisotopic (exact) mass is 252 g/mol. The molecule has 0 aromatic carbocycles. The molecule has 1 rings (SSSR count). The summed E-state index contributed by atoms with van der Waals surface area (Å²) in [5.74, 6) is 0.109. The molecule has 0 atom stereocenters. The number of rotatable bonds is 0. The van der Waals surface area contributed by atoms with Crippen LogP contribution in [0.3, 0.4) is 0 Å². The topological polar surface area (TPSA) is 43.4 Å². The van der Waals surface area contributed by atoms with Crippen molar-refractivity contribution in [1.29, 1.82) is 0 Å². The number of carbonyl (C=O) groups is 2. The first kappa shape index (κ1) is 14.9. The molecule has 0 spiro atoms. The first-order chi connectivity index (χ1) is 8.79. The molecule has 1 heterocycles. The van der Waals surface area contributed by atoms with Gasteiger partial charge >= 0.3 is 5.97 Å². The highest BCUT2D eigenvalue weighted by atomic mass is 16.5. The lowest BCUT2D eigenvalue weighted by Crippen LogP contribution is -2.07. The molecule has 0 aromatic rings. The maximum atomic E-state index is 11.5. The second kappa shape index (κ2) is 9.86. The van der Waals surface area contributed by atoms with Crippen LogP contribution in [-0.2, 0) is 14.3 Å². The SMILES string of the molecule is O=C1CCCCCC/C=C\CCOC(=O)CCC1. The number of Topliss-reactive ketones (excluding diaryl/α,β-unsaturated/α-hetero) is 1. The Morgan fingerprint density at radius 3 is 2.39 bits per heavy atom. The highest BCUT2D eigenvalue weighted by molar-refractivity contribution is 5.79. The van der Waals surface area contributed by atoms with Gasteiger partial charge in [0.2, 0.25) is 0 Å². The second-order valence-corrected chi connectivity index (χ2v) is 4.83. The second-order valence-electron chi connectivity index (χ2n) is 4.83. The first-order valence-corrected chi connectivity index (χ1v) is 7.11. The summed E-state index contributed by atoms with van der Waals surface area (Å²) in [6.07, 6.45) is 12.8. The standard InChI is InChI=1S/C15H24O3/c16-14-10-7-5-3-1-2-4-6-8-13-18-15(17)12-9-11-14/h4,6H,1-3,5,7-13H2/b6-4-. The van der Waals surface area contributed by atoms with Gasteiger partial charge in [-0.25, -0.2) is 0 Å². The van der Waals surface area contributed by atoms with Gasteiger partial charge in [-0.15, -0.1) is 0 Å². The lowest BCUT2D eigenvalue weighted by Gasteiger charge is -2.04. The molecule has 0 fully saturated rings. The van der Waals surface area contributed by atoms with Gasteiger partial charge in [0.1, 0.15) is 5.78 Å². The van der Waals surface area contributed by atoms with Gasteiger partial charge in [-0.1, -0.05) is 25.0 Å². The third kappa shape index (κ3) is 8.04. The van der Waals surface area contributed by atoms with E-state index in [0.717, 1.165) is 25.7 Å². The van der Waals surface area contributed by atoms with Crippen molar-refractivity contribution in [2.75, 3.05) is 6.61 Å². The van der Waals surface area contributed by atoms with Crippen LogP contribution in [0.25, 0.3) is 0 Å². The number of allylic oxidation sites excluding steroid dienone is 1. The van der Waals surface area contributed by atoms with Gasteiger partial charge in [0.15, 0.2) is 0 Å². The molecule has 0 saturated heterocycles. The number of ketones is 1. The summed E-state index contributed by atoms with van der Waals surface area (Å²) in [6.45, 7) is 0.462. The molecule has 1 aliphatic heterocycles. The van der Waals surface area contributed by atoms with Gasteiger partial charge in [0.05, 0.1) is 6.61 Å². The van der Waals surface area contributed by atoms with E-state index in [1.165, 1.54) is 12.8 Å². The maximum absolute atomic E-state index is 11.5. The Kier molecular flexibility index (Phi) is 8.19. The van der Waals surface area contributed by atoms with Crippen LogP contribution >= 0.6 is 0 Å². The van der Waals surface area contributed by atoms with E-state index < -0.39 is 0 Å². The Balaban J connectivity index is 2.29. The van der Waals surface area contributed by atoms with Gasteiger partial charge in [0.25, 0.3) is 0 Å². The van der Waals surface area contributed by atoms with Gasteiger partial charge in [0, 0.05) is 19.3 Å². The Hall–Kier alpha value is -1.12. The zero-order chi connectivity index (χ0) is 13.1. The number of esters is 1. The number of carbonyl (C=O) groups excluding carboxylic acids is 2. The Morgan fingerprint density at radius 1 is 0.778 bits per heavy atom. The molecule has 0 radical (unpaired) electrons. The van der Waals surface area contributed by atoms with Crippen LogP contribution in [0, 0.1) is 0 Å². The summed E-state index contributed by atoms with van der Waals surface area (Å²) in [7, 11) is 0. The summed E-state index contributed by atoms with van der Waals surface area (Å²) in [5, 5.41) is 0. The summed E-state index contributed by atoms with van der Waals surface area (Å²) in [5.41, 5.74) is 0. The van der Waals surface area contributed by atoms with Crippen molar-refractivity contribution in [3.8, 4) is 0 Å². The normalized spacial score (nSPS) is 23.3. The minimum Gasteiger partial charge on any atom is -0.465 e. The molecule has 3 heteroatoms. The average molecular weight is 252 g/mol. The fourth-order valence-corrected chi connectivity index (χ4v) is 2.04. The third-order valence-electron chi connectivity index (χ3n) is 3.13. The van der Waals surface area contributed by atoms with Crippen LogP contribution in [-0.4, -0.2) is 18.4 Å². The van der Waals surface area contributed by atoms with Crippen LogP contribution in [0.1, 0.15) is 64.2 Å². The van der Waals surface area contributed by atoms with Crippen molar-refractivity contribution in [1.82, 2.24) is 0 Å². The van der Waals surface area contributed by atoms with E-state index in [2.05, 4.69) is 12.2 Å². The van der Waals surface area contributed by atoms with Crippen molar-refractivity contribution >= 4 is 11.8 Å². The molecule has 1 aliphatic rings. The highest BCUT2D eigenvalue weighted by Crippen LogP contribution is 2.09. The van der Waals surface area contributed by atoms with E-state index in [0.29, 0.717) is 32.3 Å².